The second-order valence-corrected chi connectivity index (χ2v) is 8.00. The number of rotatable bonds is 5. The van der Waals surface area contributed by atoms with Crippen molar-refractivity contribution in [3.8, 4) is 11.9 Å². The van der Waals surface area contributed by atoms with Crippen LogP contribution in [0.25, 0.3) is 0 Å². The van der Waals surface area contributed by atoms with Crippen molar-refractivity contribution < 1.29 is 41.5 Å². The summed E-state index contributed by atoms with van der Waals surface area (Å²) in [6.07, 6.45) is -6.73. The van der Waals surface area contributed by atoms with Crippen LogP contribution >= 0.6 is 0 Å². The topological polar surface area (TPSA) is 128 Å². The normalized spacial score (nSPS) is 17.3. The van der Waals surface area contributed by atoms with Gasteiger partial charge in [-0.1, -0.05) is 5.16 Å². The van der Waals surface area contributed by atoms with Crippen molar-refractivity contribution in [2.45, 2.75) is 51.1 Å². The molecule has 1 aliphatic heterocycles. The molecule has 0 spiro atoms. The summed E-state index contributed by atoms with van der Waals surface area (Å²) in [6.45, 7) is 4.63. The zero-order valence-corrected chi connectivity index (χ0v) is 17.8. The molecule has 0 saturated carbocycles. The van der Waals surface area contributed by atoms with E-state index < -0.39 is 47.7 Å². The number of carbonyl (C=O) groups excluding carboxylic acids is 2. The number of cyclic esters (lactones) is 1. The average molecular weight is 468 g/mol. The molecule has 3 rings (SSSR count). The first-order valence-corrected chi connectivity index (χ1v) is 9.63. The minimum atomic E-state index is -4.77. The van der Waals surface area contributed by atoms with Crippen molar-refractivity contribution in [1.29, 1.82) is 5.26 Å². The summed E-state index contributed by atoms with van der Waals surface area (Å²) >= 11 is 0. The number of alkyl halides is 3. The molecule has 3 heterocycles. The molecule has 10 nitrogen and oxygen atoms in total. The molecule has 0 N–H and O–H groups in total. The molecule has 1 aliphatic rings. The predicted octanol–water partition coefficient (Wildman–Crippen LogP) is 4.23. The maximum absolute atomic E-state index is 13.1. The number of pyridine rings is 1. The van der Waals surface area contributed by atoms with Gasteiger partial charge in [-0.3, -0.25) is 0 Å². The van der Waals surface area contributed by atoms with Gasteiger partial charge in [-0.2, -0.15) is 18.4 Å². The molecule has 2 aromatic rings. The van der Waals surface area contributed by atoms with Gasteiger partial charge < -0.3 is 18.7 Å². The van der Waals surface area contributed by atoms with E-state index in [4.69, 9.17) is 18.7 Å². The maximum Gasteiger partial charge on any atom is 0.433 e. The van der Waals surface area contributed by atoms with E-state index in [2.05, 4.69) is 10.1 Å². The van der Waals surface area contributed by atoms with Crippen molar-refractivity contribution in [1.82, 2.24) is 15.0 Å². The zero-order chi connectivity index (χ0) is 24.4. The Balaban J connectivity index is 1.90. The highest BCUT2D eigenvalue weighted by molar-refractivity contribution is 5.89. The highest BCUT2D eigenvalue weighted by Crippen LogP contribution is 2.34. The first-order valence-electron chi connectivity index (χ1n) is 9.63. The van der Waals surface area contributed by atoms with E-state index in [0.717, 1.165) is 11.0 Å². The molecule has 2 amide bonds. The standard InChI is InChI=1S/C20H19F3N4O6/c1-19(2,3)32-18(29)27-12(10-30-17(27)28)8-14(13-6-7-25-33-13)31-16-11(9-24)4-5-15(26-16)20(21,22)23/h4-7,12,14H,8,10H2,1-3H3/t12-,14?/m0/s1. The molecule has 2 atom stereocenters. The van der Waals surface area contributed by atoms with E-state index in [-0.39, 0.29) is 24.4 Å². The molecule has 0 aromatic carbocycles. The summed E-state index contributed by atoms with van der Waals surface area (Å²) in [7, 11) is 0. The van der Waals surface area contributed by atoms with Gasteiger partial charge in [0.15, 0.2) is 11.9 Å². The number of imide groups is 1. The minimum absolute atomic E-state index is 0.0709. The van der Waals surface area contributed by atoms with Crippen LogP contribution < -0.4 is 4.74 Å². The van der Waals surface area contributed by atoms with Crippen LogP contribution in [0.15, 0.2) is 28.9 Å². The number of hydrogen-bond donors (Lipinski definition) is 0. The zero-order valence-electron chi connectivity index (χ0n) is 17.8. The van der Waals surface area contributed by atoms with Gasteiger partial charge in [-0.05, 0) is 32.9 Å². The van der Waals surface area contributed by atoms with Crippen LogP contribution in [-0.4, -0.2) is 45.5 Å². The summed E-state index contributed by atoms with van der Waals surface area (Å²) in [5.74, 6) is -0.524. The summed E-state index contributed by atoms with van der Waals surface area (Å²) < 4.78 is 60.3. The summed E-state index contributed by atoms with van der Waals surface area (Å²) in [5.41, 5.74) is -2.41. The lowest BCUT2D eigenvalue weighted by Gasteiger charge is -2.27. The fourth-order valence-electron chi connectivity index (χ4n) is 2.94. The van der Waals surface area contributed by atoms with E-state index in [1.165, 1.54) is 12.3 Å². The minimum Gasteiger partial charge on any atom is -0.465 e. The molecule has 0 radical (unpaired) electrons. The van der Waals surface area contributed by atoms with E-state index >= 15 is 0 Å². The summed E-state index contributed by atoms with van der Waals surface area (Å²) in [6, 6.07) is 3.78. The van der Waals surface area contributed by atoms with Gasteiger partial charge in [0.05, 0.1) is 12.2 Å². The molecule has 1 unspecified atom stereocenters. The Hall–Kier alpha value is -3.82. The number of aromatic nitrogens is 2. The predicted molar refractivity (Wildman–Crippen MR) is 102 cm³/mol. The lowest BCUT2D eigenvalue weighted by Crippen LogP contribution is -2.43. The van der Waals surface area contributed by atoms with Gasteiger partial charge in [0, 0.05) is 12.5 Å². The number of halogens is 3. The van der Waals surface area contributed by atoms with E-state index in [1.54, 1.807) is 26.8 Å². The molecule has 1 fully saturated rings. The number of ether oxygens (including phenoxy) is 3. The van der Waals surface area contributed by atoms with Crippen molar-refractivity contribution in [2.75, 3.05) is 6.61 Å². The Labute approximate surface area is 185 Å². The molecule has 33 heavy (non-hydrogen) atoms. The van der Waals surface area contributed by atoms with Gasteiger partial charge in [-0.25, -0.2) is 19.5 Å². The van der Waals surface area contributed by atoms with Gasteiger partial charge >= 0.3 is 18.4 Å². The monoisotopic (exact) mass is 468 g/mol. The van der Waals surface area contributed by atoms with Crippen molar-refractivity contribution >= 4 is 12.2 Å². The van der Waals surface area contributed by atoms with Crippen LogP contribution in [0.2, 0.25) is 0 Å². The lowest BCUT2D eigenvalue weighted by atomic mass is 10.1. The second kappa shape index (κ2) is 8.97. The van der Waals surface area contributed by atoms with Crippen LogP contribution in [0.3, 0.4) is 0 Å². The van der Waals surface area contributed by atoms with Gasteiger partial charge in [0.2, 0.25) is 5.88 Å². The SMILES string of the molecule is CC(C)(C)OC(=O)N1C(=O)OC[C@@H]1CC(Oc1nc(C(F)(F)F)ccc1C#N)c1ccno1. The van der Waals surface area contributed by atoms with Crippen molar-refractivity contribution in [2.24, 2.45) is 0 Å². The largest absolute Gasteiger partial charge is 0.465 e. The van der Waals surface area contributed by atoms with Crippen molar-refractivity contribution in [3.05, 3.63) is 41.4 Å². The average Bonchev–Trinajstić information content (AvgIpc) is 3.35. The van der Waals surface area contributed by atoms with Gasteiger partial charge in [0.25, 0.3) is 0 Å². The van der Waals surface area contributed by atoms with E-state index in [9.17, 15) is 28.0 Å². The van der Waals surface area contributed by atoms with Crippen LogP contribution in [0.1, 0.15) is 50.3 Å². The third-order valence-electron chi connectivity index (χ3n) is 4.34. The number of hydrogen-bond acceptors (Lipinski definition) is 9. The van der Waals surface area contributed by atoms with Gasteiger partial charge in [0.1, 0.15) is 29.5 Å². The molecular weight excluding hydrogens is 449 g/mol. The van der Waals surface area contributed by atoms with Crippen LogP contribution in [-0.2, 0) is 15.7 Å². The van der Waals surface area contributed by atoms with Crippen LogP contribution in [0, 0.1) is 11.3 Å². The summed E-state index contributed by atoms with van der Waals surface area (Å²) in [4.78, 5) is 28.8. The Bertz CT molecular complexity index is 1060. The number of nitrogens with zero attached hydrogens (tertiary/aromatic N) is 4. The fourth-order valence-corrected chi connectivity index (χ4v) is 2.94. The smallest absolute Gasteiger partial charge is 0.433 e. The quantitative estimate of drug-likeness (QED) is 0.633. The molecule has 176 valence electrons. The van der Waals surface area contributed by atoms with E-state index in [1.807, 2.05) is 0 Å². The first kappa shape index (κ1) is 23.8. The molecular formula is C20H19F3N4O6. The lowest BCUT2D eigenvalue weighted by molar-refractivity contribution is -0.141. The van der Waals surface area contributed by atoms with Gasteiger partial charge in [-0.15, -0.1) is 0 Å². The van der Waals surface area contributed by atoms with Crippen LogP contribution in [0.5, 0.6) is 5.88 Å². The highest BCUT2D eigenvalue weighted by Gasteiger charge is 2.43. The second-order valence-electron chi connectivity index (χ2n) is 8.00. The van der Waals surface area contributed by atoms with E-state index in [0.29, 0.717) is 6.07 Å². The third-order valence-corrected chi connectivity index (χ3v) is 4.34. The number of amides is 2. The van der Waals surface area contributed by atoms with Crippen LogP contribution in [0.4, 0.5) is 22.8 Å². The maximum atomic E-state index is 13.1. The Morgan fingerprint density at radius 2 is 2.06 bits per heavy atom. The molecule has 0 bridgehead atoms. The third kappa shape index (κ3) is 5.71. The molecule has 13 heteroatoms. The fraction of sp³-hybridized carbons (Fsp3) is 0.450. The summed E-state index contributed by atoms with van der Waals surface area (Å²) in [5, 5.41) is 12.8. The number of nitriles is 1. The Kier molecular flexibility index (Phi) is 6.48. The van der Waals surface area contributed by atoms with Crippen molar-refractivity contribution in [3.63, 3.8) is 0 Å². The molecule has 0 aliphatic carbocycles. The Morgan fingerprint density at radius 3 is 2.64 bits per heavy atom. The molecule has 1 saturated heterocycles. The number of carbonyl (C=O) groups is 2. The highest BCUT2D eigenvalue weighted by atomic mass is 19.4. The Morgan fingerprint density at radius 1 is 1.33 bits per heavy atom. The molecule has 2 aromatic heterocycles. The first-order chi connectivity index (χ1) is 15.4.